The van der Waals surface area contributed by atoms with Crippen LogP contribution in [0.25, 0.3) is 10.9 Å². The summed E-state index contributed by atoms with van der Waals surface area (Å²) in [6, 6.07) is 8.65. The van der Waals surface area contributed by atoms with Crippen LogP contribution < -0.4 is 10.6 Å². The lowest BCUT2D eigenvalue weighted by atomic mass is 9.96. The monoisotopic (exact) mass is 357 g/mol. The fourth-order valence-electron chi connectivity index (χ4n) is 3.14. The third-order valence-electron chi connectivity index (χ3n) is 4.58. The molecule has 1 fully saturated rings. The lowest BCUT2D eigenvalue weighted by molar-refractivity contribution is -0.127. The number of ether oxygens (including phenoxy) is 1. The molecule has 138 valence electrons. The third-order valence-corrected chi connectivity index (χ3v) is 4.58. The number of urea groups is 1. The Morgan fingerprint density at radius 1 is 1.15 bits per heavy atom. The number of benzene rings is 1. The van der Waals surface area contributed by atoms with Gasteiger partial charge in [0.15, 0.2) is 6.10 Å². The van der Waals surface area contributed by atoms with Gasteiger partial charge in [-0.2, -0.15) is 0 Å². The van der Waals surface area contributed by atoms with E-state index in [-0.39, 0.29) is 11.7 Å². The van der Waals surface area contributed by atoms with E-state index in [2.05, 4.69) is 15.6 Å². The second-order valence-corrected chi connectivity index (χ2v) is 6.62. The number of para-hydroxylation sites is 1. The normalized spacial score (nSPS) is 16.0. The van der Waals surface area contributed by atoms with Crippen molar-refractivity contribution in [2.45, 2.75) is 51.2 Å². The molecular weight excluding hydrogens is 334 g/mol. The molecule has 1 atom stereocenters. The standard InChI is InChI=1S/C19H23N3O4/c1-12(17(23)22-19(25)20-14-8-3-2-4-9-14)26-18(24)16-11-13-7-5-6-10-15(13)21-16/h5-7,10-12,14,21H,2-4,8-9H2,1H3,(H2,20,22,23,25)/t12-/m1/s1. The molecule has 1 heterocycles. The van der Waals surface area contributed by atoms with Gasteiger partial charge in [0.05, 0.1) is 0 Å². The largest absolute Gasteiger partial charge is 0.448 e. The Morgan fingerprint density at radius 3 is 2.62 bits per heavy atom. The first-order chi connectivity index (χ1) is 12.5. The highest BCUT2D eigenvalue weighted by Gasteiger charge is 2.23. The van der Waals surface area contributed by atoms with Crippen molar-refractivity contribution in [2.24, 2.45) is 0 Å². The fraction of sp³-hybridized carbons (Fsp3) is 0.421. The summed E-state index contributed by atoms with van der Waals surface area (Å²) in [6.45, 7) is 1.43. The molecule has 0 unspecified atom stereocenters. The molecule has 7 nitrogen and oxygen atoms in total. The maximum Gasteiger partial charge on any atom is 0.355 e. The quantitative estimate of drug-likeness (QED) is 0.733. The number of rotatable bonds is 4. The smallest absolute Gasteiger partial charge is 0.355 e. The predicted molar refractivity (Wildman–Crippen MR) is 96.7 cm³/mol. The molecule has 1 aliphatic rings. The maximum atomic E-state index is 12.2. The zero-order valence-electron chi connectivity index (χ0n) is 14.7. The van der Waals surface area contributed by atoms with Gasteiger partial charge in [0.1, 0.15) is 5.69 Å². The van der Waals surface area contributed by atoms with Crippen LogP contribution in [0.2, 0.25) is 0 Å². The number of imide groups is 1. The van der Waals surface area contributed by atoms with Gasteiger partial charge in [-0.05, 0) is 31.9 Å². The summed E-state index contributed by atoms with van der Waals surface area (Å²) >= 11 is 0. The molecule has 3 amide bonds. The lowest BCUT2D eigenvalue weighted by Crippen LogP contribution is -2.48. The van der Waals surface area contributed by atoms with E-state index in [9.17, 15) is 14.4 Å². The van der Waals surface area contributed by atoms with E-state index in [4.69, 9.17) is 4.74 Å². The van der Waals surface area contributed by atoms with Crippen LogP contribution >= 0.6 is 0 Å². The van der Waals surface area contributed by atoms with E-state index in [0.717, 1.165) is 36.6 Å². The van der Waals surface area contributed by atoms with Crippen molar-refractivity contribution in [3.05, 3.63) is 36.0 Å². The highest BCUT2D eigenvalue weighted by atomic mass is 16.5. The van der Waals surface area contributed by atoms with Crippen molar-refractivity contribution in [3.8, 4) is 0 Å². The van der Waals surface area contributed by atoms with Gasteiger partial charge in [0, 0.05) is 16.9 Å². The summed E-state index contributed by atoms with van der Waals surface area (Å²) in [4.78, 5) is 39.1. The Hall–Kier alpha value is -2.83. The molecule has 1 aromatic carbocycles. The summed E-state index contributed by atoms with van der Waals surface area (Å²) in [5.41, 5.74) is 1.07. The molecule has 26 heavy (non-hydrogen) atoms. The van der Waals surface area contributed by atoms with Gasteiger partial charge in [-0.25, -0.2) is 9.59 Å². The van der Waals surface area contributed by atoms with Crippen LogP contribution in [-0.4, -0.2) is 35.0 Å². The minimum absolute atomic E-state index is 0.0979. The minimum atomic E-state index is -1.08. The van der Waals surface area contributed by atoms with Crippen LogP contribution in [0, 0.1) is 0 Å². The molecule has 3 rings (SSSR count). The zero-order chi connectivity index (χ0) is 18.5. The molecule has 2 aromatic rings. The Bertz CT molecular complexity index is 775. The first kappa shape index (κ1) is 18.0. The van der Waals surface area contributed by atoms with Gasteiger partial charge in [0.2, 0.25) is 0 Å². The van der Waals surface area contributed by atoms with Crippen LogP contribution in [-0.2, 0) is 9.53 Å². The number of amides is 3. The molecule has 1 aromatic heterocycles. The number of H-pyrrole nitrogens is 1. The van der Waals surface area contributed by atoms with E-state index in [1.165, 1.54) is 13.3 Å². The number of fused-ring (bicyclic) bond motifs is 1. The number of nitrogens with one attached hydrogen (secondary N) is 3. The van der Waals surface area contributed by atoms with Gasteiger partial charge in [-0.15, -0.1) is 0 Å². The third kappa shape index (κ3) is 4.41. The predicted octanol–water partition coefficient (Wildman–Crippen LogP) is 2.87. The molecule has 0 saturated heterocycles. The summed E-state index contributed by atoms with van der Waals surface area (Å²) in [5, 5.41) is 5.90. The summed E-state index contributed by atoms with van der Waals surface area (Å²) in [6.07, 6.45) is 4.11. The second-order valence-electron chi connectivity index (χ2n) is 6.62. The SMILES string of the molecule is C[C@@H](OC(=O)c1cc2ccccc2[nH]1)C(=O)NC(=O)NC1CCCCC1. The van der Waals surface area contributed by atoms with Gasteiger partial charge in [-0.1, -0.05) is 37.5 Å². The van der Waals surface area contributed by atoms with Crippen molar-refractivity contribution in [1.29, 1.82) is 0 Å². The molecule has 3 N–H and O–H groups in total. The number of carbonyl (C=O) groups is 3. The number of aromatic nitrogens is 1. The fourth-order valence-corrected chi connectivity index (χ4v) is 3.14. The molecule has 0 bridgehead atoms. The Morgan fingerprint density at radius 2 is 1.88 bits per heavy atom. The molecule has 0 aliphatic heterocycles. The molecule has 0 spiro atoms. The Balaban J connectivity index is 1.51. The minimum Gasteiger partial charge on any atom is -0.448 e. The first-order valence-corrected chi connectivity index (χ1v) is 8.93. The van der Waals surface area contributed by atoms with Crippen molar-refractivity contribution in [1.82, 2.24) is 15.6 Å². The number of hydrogen-bond donors (Lipinski definition) is 3. The van der Waals surface area contributed by atoms with Crippen LogP contribution in [0.5, 0.6) is 0 Å². The molecule has 1 aliphatic carbocycles. The molecule has 1 saturated carbocycles. The molecular formula is C19H23N3O4. The van der Waals surface area contributed by atoms with Gasteiger partial charge in [0.25, 0.3) is 5.91 Å². The van der Waals surface area contributed by atoms with Crippen molar-refractivity contribution < 1.29 is 19.1 Å². The van der Waals surface area contributed by atoms with E-state index in [1.807, 2.05) is 24.3 Å². The van der Waals surface area contributed by atoms with Crippen molar-refractivity contribution in [3.63, 3.8) is 0 Å². The van der Waals surface area contributed by atoms with Crippen LogP contribution in [0.1, 0.15) is 49.5 Å². The first-order valence-electron chi connectivity index (χ1n) is 8.93. The maximum absolute atomic E-state index is 12.2. The van der Waals surface area contributed by atoms with Gasteiger partial charge in [-0.3, -0.25) is 10.1 Å². The van der Waals surface area contributed by atoms with Crippen molar-refractivity contribution in [2.75, 3.05) is 0 Å². The zero-order valence-corrected chi connectivity index (χ0v) is 14.7. The van der Waals surface area contributed by atoms with Crippen molar-refractivity contribution >= 4 is 28.8 Å². The number of hydrogen-bond acceptors (Lipinski definition) is 4. The summed E-state index contributed by atoms with van der Waals surface area (Å²) < 4.78 is 5.16. The van der Waals surface area contributed by atoms with Crippen LogP contribution in [0.4, 0.5) is 4.79 Å². The molecule has 7 heteroatoms. The average molecular weight is 357 g/mol. The average Bonchev–Trinajstić information content (AvgIpc) is 3.06. The highest BCUT2D eigenvalue weighted by molar-refractivity contribution is 5.99. The highest BCUT2D eigenvalue weighted by Crippen LogP contribution is 2.17. The van der Waals surface area contributed by atoms with Crippen LogP contribution in [0.15, 0.2) is 30.3 Å². The van der Waals surface area contributed by atoms with E-state index >= 15 is 0 Å². The number of aromatic amines is 1. The number of esters is 1. The van der Waals surface area contributed by atoms with E-state index in [1.54, 1.807) is 6.07 Å². The summed E-state index contributed by atoms with van der Waals surface area (Å²) in [7, 11) is 0. The Labute approximate surface area is 151 Å². The summed E-state index contributed by atoms with van der Waals surface area (Å²) in [5.74, 6) is -1.29. The van der Waals surface area contributed by atoms with Crippen LogP contribution in [0.3, 0.4) is 0 Å². The number of carbonyl (C=O) groups excluding carboxylic acids is 3. The van der Waals surface area contributed by atoms with Gasteiger partial charge < -0.3 is 15.0 Å². The second kappa shape index (κ2) is 8.03. The molecule has 0 radical (unpaired) electrons. The van der Waals surface area contributed by atoms with Gasteiger partial charge >= 0.3 is 12.0 Å². The topological polar surface area (TPSA) is 100 Å². The van der Waals surface area contributed by atoms with E-state index in [0.29, 0.717) is 0 Å². The van der Waals surface area contributed by atoms with E-state index < -0.39 is 24.0 Å². The Kier molecular flexibility index (Phi) is 5.55. The lowest BCUT2D eigenvalue weighted by Gasteiger charge is -2.23.